The van der Waals surface area contributed by atoms with Gasteiger partial charge in [-0.2, -0.15) is 0 Å². The van der Waals surface area contributed by atoms with Crippen molar-refractivity contribution in [2.24, 2.45) is 5.92 Å². The number of nitrogens with one attached hydrogen (secondary N) is 1. The van der Waals surface area contributed by atoms with Crippen LogP contribution in [0.4, 0.5) is 0 Å². The standard InChI is InChI=1S/C19H30N2O3/c1-15-7-6-11-21(14-15)16(2)13-20-19(22)10-12-24-18-9-5-4-8-17(18)23-3/h4-5,8-9,15-16H,6-7,10-14H2,1-3H3,(H,20,22)/t15-,16+/m0/s1. The Morgan fingerprint density at radius 3 is 2.83 bits per heavy atom. The Balaban J connectivity index is 1.66. The van der Waals surface area contributed by atoms with Crippen molar-refractivity contribution in [1.82, 2.24) is 10.2 Å². The van der Waals surface area contributed by atoms with Gasteiger partial charge in [0.05, 0.1) is 20.1 Å². The molecule has 0 saturated carbocycles. The molecule has 0 aromatic heterocycles. The van der Waals surface area contributed by atoms with Gasteiger partial charge in [0.15, 0.2) is 11.5 Å². The Labute approximate surface area is 145 Å². The summed E-state index contributed by atoms with van der Waals surface area (Å²) in [6.45, 7) is 7.80. The molecular formula is C19H30N2O3. The first-order chi connectivity index (χ1) is 11.6. The minimum Gasteiger partial charge on any atom is -0.493 e. The number of hydrogen-bond donors (Lipinski definition) is 1. The largest absolute Gasteiger partial charge is 0.493 e. The molecule has 1 aliphatic heterocycles. The fourth-order valence-electron chi connectivity index (χ4n) is 3.10. The Hall–Kier alpha value is -1.75. The minimum absolute atomic E-state index is 0.0294. The van der Waals surface area contributed by atoms with E-state index >= 15 is 0 Å². The molecule has 5 heteroatoms. The molecule has 1 fully saturated rings. The van der Waals surface area contributed by atoms with E-state index in [1.807, 2.05) is 24.3 Å². The van der Waals surface area contributed by atoms with Gasteiger partial charge in [0.2, 0.25) is 5.91 Å². The zero-order valence-corrected chi connectivity index (χ0v) is 15.1. The van der Waals surface area contributed by atoms with Gasteiger partial charge in [0, 0.05) is 19.1 Å². The van der Waals surface area contributed by atoms with Crippen molar-refractivity contribution in [3.05, 3.63) is 24.3 Å². The monoisotopic (exact) mass is 334 g/mol. The van der Waals surface area contributed by atoms with Crippen LogP contribution in [0, 0.1) is 5.92 Å². The molecule has 0 bridgehead atoms. The van der Waals surface area contributed by atoms with Gasteiger partial charge in [0.25, 0.3) is 0 Å². The third-order valence-corrected chi connectivity index (χ3v) is 4.56. The van der Waals surface area contributed by atoms with E-state index in [9.17, 15) is 4.79 Å². The Morgan fingerprint density at radius 1 is 1.38 bits per heavy atom. The highest BCUT2D eigenvalue weighted by molar-refractivity contribution is 5.76. The van der Waals surface area contributed by atoms with Crippen molar-refractivity contribution in [2.75, 3.05) is 33.4 Å². The quantitative estimate of drug-likeness (QED) is 0.794. The number of nitrogens with zero attached hydrogens (tertiary/aromatic N) is 1. The SMILES string of the molecule is COc1ccccc1OCCC(=O)NC[C@@H](C)N1CCC[C@H](C)C1. The average Bonchev–Trinajstić information content (AvgIpc) is 2.60. The summed E-state index contributed by atoms with van der Waals surface area (Å²) in [5.74, 6) is 2.14. The smallest absolute Gasteiger partial charge is 0.223 e. The molecule has 5 nitrogen and oxygen atoms in total. The molecular weight excluding hydrogens is 304 g/mol. The number of methoxy groups -OCH3 is 1. The summed E-state index contributed by atoms with van der Waals surface area (Å²) in [7, 11) is 1.61. The molecule has 0 spiro atoms. The molecule has 1 aliphatic rings. The molecule has 0 unspecified atom stereocenters. The van der Waals surface area contributed by atoms with Crippen LogP contribution in [0.5, 0.6) is 11.5 Å². The van der Waals surface area contributed by atoms with E-state index in [1.165, 1.54) is 12.8 Å². The van der Waals surface area contributed by atoms with Gasteiger partial charge in [-0.05, 0) is 44.4 Å². The number of para-hydroxylation sites is 2. The van der Waals surface area contributed by atoms with E-state index in [-0.39, 0.29) is 5.91 Å². The molecule has 1 saturated heterocycles. The maximum absolute atomic E-state index is 12.0. The fraction of sp³-hybridized carbons (Fsp3) is 0.632. The number of amides is 1. The lowest BCUT2D eigenvalue weighted by Gasteiger charge is -2.35. The summed E-state index contributed by atoms with van der Waals surface area (Å²) < 4.78 is 10.9. The van der Waals surface area contributed by atoms with Crippen LogP contribution in [-0.2, 0) is 4.79 Å². The zero-order chi connectivity index (χ0) is 17.4. The molecule has 1 amide bonds. The van der Waals surface area contributed by atoms with E-state index in [0.29, 0.717) is 37.1 Å². The Bertz CT molecular complexity index is 521. The molecule has 0 radical (unpaired) electrons. The summed E-state index contributed by atoms with van der Waals surface area (Å²) in [6.07, 6.45) is 2.92. The molecule has 0 aliphatic carbocycles. The van der Waals surface area contributed by atoms with Gasteiger partial charge in [-0.3, -0.25) is 9.69 Å². The second-order valence-corrected chi connectivity index (χ2v) is 6.64. The van der Waals surface area contributed by atoms with Crippen molar-refractivity contribution < 1.29 is 14.3 Å². The average molecular weight is 334 g/mol. The molecule has 1 aromatic carbocycles. The van der Waals surface area contributed by atoms with Crippen LogP contribution in [0.25, 0.3) is 0 Å². The van der Waals surface area contributed by atoms with Crippen LogP contribution >= 0.6 is 0 Å². The molecule has 2 rings (SSSR count). The van der Waals surface area contributed by atoms with Crippen LogP contribution in [0.2, 0.25) is 0 Å². The molecule has 1 heterocycles. The maximum atomic E-state index is 12.0. The minimum atomic E-state index is 0.0294. The van der Waals surface area contributed by atoms with Crippen LogP contribution in [0.1, 0.15) is 33.1 Å². The summed E-state index contributed by atoms with van der Waals surface area (Å²) in [6, 6.07) is 7.85. The second-order valence-electron chi connectivity index (χ2n) is 6.64. The Kier molecular flexibility index (Phi) is 7.37. The normalized spacial score (nSPS) is 19.5. The van der Waals surface area contributed by atoms with Crippen LogP contribution in [-0.4, -0.2) is 50.2 Å². The highest BCUT2D eigenvalue weighted by Crippen LogP contribution is 2.25. The topological polar surface area (TPSA) is 50.8 Å². The van der Waals surface area contributed by atoms with Crippen molar-refractivity contribution in [2.45, 2.75) is 39.2 Å². The van der Waals surface area contributed by atoms with Gasteiger partial charge in [-0.25, -0.2) is 0 Å². The van der Waals surface area contributed by atoms with E-state index in [4.69, 9.17) is 9.47 Å². The molecule has 134 valence electrons. The van der Waals surface area contributed by atoms with E-state index < -0.39 is 0 Å². The number of carbonyl (C=O) groups is 1. The van der Waals surface area contributed by atoms with Gasteiger partial charge >= 0.3 is 0 Å². The zero-order valence-electron chi connectivity index (χ0n) is 15.1. The van der Waals surface area contributed by atoms with Crippen LogP contribution < -0.4 is 14.8 Å². The van der Waals surface area contributed by atoms with Gasteiger partial charge < -0.3 is 14.8 Å². The highest BCUT2D eigenvalue weighted by atomic mass is 16.5. The number of likely N-dealkylation sites (tertiary alicyclic amines) is 1. The molecule has 2 atom stereocenters. The van der Waals surface area contributed by atoms with E-state index in [1.54, 1.807) is 7.11 Å². The predicted octanol–water partition coefficient (Wildman–Crippen LogP) is 2.70. The van der Waals surface area contributed by atoms with Crippen molar-refractivity contribution in [3.63, 3.8) is 0 Å². The number of ether oxygens (including phenoxy) is 2. The number of rotatable bonds is 8. The lowest BCUT2D eigenvalue weighted by molar-refractivity contribution is -0.121. The summed E-state index contributed by atoms with van der Waals surface area (Å²) in [5.41, 5.74) is 0. The number of piperidine rings is 1. The summed E-state index contributed by atoms with van der Waals surface area (Å²) in [5, 5.41) is 3.02. The third-order valence-electron chi connectivity index (χ3n) is 4.56. The predicted molar refractivity (Wildman–Crippen MR) is 95.5 cm³/mol. The number of hydrogen-bond acceptors (Lipinski definition) is 4. The first-order valence-corrected chi connectivity index (χ1v) is 8.86. The van der Waals surface area contributed by atoms with Gasteiger partial charge in [-0.1, -0.05) is 19.1 Å². The lowest BCUT2D eigenvalue weighted by Crippen LogP contribution is -2.46. The van der Waals surface area contributed by atoms with E-state index in [0.717, 1.165) is 19.0 Å². The fourth-order valence-corrected chi connectivity index (χ4v) is 3.10. The summed E-state index contributed by atoms with van der Waals surface area (Å²) >= 11 is 0. The molecule has 1 aromatic rings. The highest BCUT2D eigenvalue weighted by Gasteiger charge is 2.21. The van der Waals surface area contributed by atoms with Crippen LogP contribution in [0.3, 0.4) is 0 Å². The van der Waals surface area contributed by atoms with Gasteiger partial charge in [-0.15, -0.1) is 0 Å². The first-order valence-electron chi connectivity index (χ1n) is 8.86. The van der Waals surface area contributed by atoms with Crippen molar-refractivity contribution in [1.29, 1.82) is 0 Å². The molecule has 1 N–H and O–H groups in total. The van der Waals surface area contributed by atoms with E-state index in [2.05, 4.69) is 24.1 Å². The summed E-state index contributed by atoms with van der Waals surface area (Å²) in [4.78, 5) is 14.5. The Morgan fingerprint density at radius 2 is 2.12 bits per heavy atom. The third kappa shape index (κ3) is 5.71. The second kappa shape index (κ2) is 9.52. The van der Waals surface area contributed by atoms with Crippen molar-refractivity contribution >= 4 is 5.91 Å². The number of carbonyl (C=O) groups excluding carboxylic acids is 1. The van der Waals surface area contributed by atoms with Gasteiger partial charge in [0.1, 0.15) is 0 Å². The lowest BCUT2D eigenvalue weighted by atomic mass is 9.99. The van der Waals surface area contributed by atoms with Crippen molar-refractivity contribution in [3.8, 4) is 11.5 Å². The van der Waals surface area contributed by atoms with Crippen LogP contribution in [0.15, 0.2) is 24.3 Å². The number of benzene rings is 1. The maximum Gasteiger partial charge on any atom is 0.223 e. The molecule has 24 heavy (non-hydrogen) atoms. The first kappa shape index (κ1) is 18.6.